The van der Waals surface area contributed by atoms with E-state index in [0.717, 1.165) is 22.8 Å². The molecule has 1 atom stereocenters. The molecular formula is C21H18N2O. The monoisotopic (exact) mass is 314 g/mol. The summed E-state index contributed by atoms with van der Waals surface area (Å²) in [4.78, 5) is 12.4. The second-order valence-electron chi connectivity index (χ2n) is 5.74. The first-order chi connectivity index (χ1) is 11.8. The van der Waals surface area contributed by atoms with Gasteiger partial charge in [-0.1, -0.05) is 60.7 Å². The van der Waals surface area contributed by atoms with Crippen LogP contribution in [0, 0.1) is 11.3 Å². The Morgan fingerprint density at radius 1 is 0.958 bits per heavy atom. The fourth-order valence-electron chi connectivity index (χ4n) is 2.70. The van der Waals surface area contributed by atoms with Crippen molar-refractivity contribution in [1.29, 1.82) is 5.26 Å². The minimum absolute atomic E-state index is 0.208. The number of rotatable bonds is 5. The molecule has 0 saturated heterocycles. The average molecular weight is 314 g/mol. The summed E-state index contributed by atoms with van der Waals surface area (Å²) in [6, 6.07) is 25.1. The zero-order valence-corrected chi connectivity index (χ0v) is 13.3. The Morgan fingerprint density at radius 3 is 2.42 bits per heavy atom. The first kappa shape index (κ1) is 15.8. The standard InChI is InChI=1S/C21H18N2O/c22-15-20(13-10-16-6-2-1-3-7-16)23-21(24)19-12-11-17-8-4-5-9-18(17)14-19/h1-9,11-12,14,20H,10,13H2,(H,23,24). The number of aryl methyl sites for hydroxylation is 1. The minimum Gasteiger partial charge on any atom is -0.336 e. The Labute approximate surface area is 141 Å². The van der Waals surface area contributed by atoms with E-state index in [4.69, 9.17) is 0 Å². The van der Waals surface area contributed by atoms with Gasteiger partial charge in [-0.2, -0.15) is 5.26 Å². The summed E-state index contributed by atoms with van der Waals surface area (Å²) in [6.07, 6.45) is 1.36. The van der Waals surface area contributed by atoms with E-state index in [1.807, 2.05) is 66.7 Å². The highest BCUT2D eigenvalue weighted by Gasteiger charge is 2.13. The van der Waals surface area contributed by atoms with Gasteiger partial charge in [-0.3, -0.25) is 4.79 Å². The zero-order valence-electron chi connectivity index (χ0n) is 13.3. The molecule has 0 radical (unpaired) electrons. The molecular weight excluding hydrogens is 296 g/mol. The highest BCUT2D eigenvalue weighted by Crippen LogP contribution is 2.16. The number of nitriles is 1. The van der Waals surface area contributed by atoms with Gasteiger partial charge in [0.2, 0.25) is 0 Å². The fraction of sp³-hybridized carbons (Fsp3) is 0.143. The van der Waals surface area contributed by atoms with Crippen LogP contribution in [0.15, 0.2) is 72.8 Å². The van der Waals surface area contributed by atoms with Crippen molar-refractivity contribution in [3.05, 3.63) is 83.9 Å². The van der Waals surface area contributed by atoms with E-state index < -0.39 is 6.04 Å². The molecule has 0 spiro atoms. The van der Waals surface area contributed by atoms with E-state index in [1.54, 1.807) is 6.07 Å². The minimum atomic E-state index is -0.496. The maximum atomic E-state index is 12.4. The molecule has 0 heterocycles. The van der Waals surface area contributed by atoms with Crippen molar-refractivity contribution >= 4 is 16.7 Å². The molecule has 0 bridgehead atoms. The number of benzene rings is 3. The third-order valence-electron chi connectivity index (χ3n) is 4.04. The average Bonchev–Trinajstić information content (AvgIpc) is 2.65. The molecule has 0 saturated carbocycles. The molecule has 3 heteroatoms. The smallest absolute Gasteiger partial charge is 0.252 e. The van der Waals surface area contributed by atoms with E-state index >= 15 is 0 Å². The summed E-state index contributed by atoms with van der Waals surface area (Å²) in [7, 11) is 0. The van der Waals surface area contributed by atoms with Crippen molar-refractivity contribution in [3.63, 3.8) is 0 Å². The molecule has 3 rings (SSSR count). The third kappa shape index (κ3) is 3.80. The summed E-state index contributed by atoms with van der Waals surface area (Å²) in [5.41, 5.74) is 1.74. The maximum Gasteiger partial charge on any atom is 0.252 e. The topological polar surface area (TPSA) is 52.9 Å². The molecule has 0 aliphatic carbocycles. The van der Waals surface area contributed by atoms with Crippen LogP contribution >= 0.6 is 0 Å². The number of hydrogen-bond acceptors (Lipinski definition) is 2. The molecule has 0 aliphatic rings. The molecule has 24 heavy (non-hydrogen) atoms. The molecule has 0 aliphatic heterocycles. The van der Waals surface area contributed by atoms with Crippen LogP contribution in [-0.2, 0) is 6.42 Å². The van der Waals surface area contributed by atoms with Gasteiger partial charge in [0.05, 0.1) is 6.07 Å². The van der Waals surface area contributed by atoms with Crippen molar-refractivity contribution in [2.24, 2.45) is 0 Å². The largest absolute Gasteiger partial charge is 0.336 e. The normalized spacial score (nSPS) is 11.6. The molecule has 118 valence electrons. The van der Waals surface area contributed by atoms with Crippen molar-refractivity contribution in [1.82, 2.24) is 5.32 Å². The highest BCUT2D eigenvalue weighted by atomic mass is 16.1. The third-order valence-corrected chi connectivity index (χ3v) is 4.04. The summed E-state index contributed by atoms with van der Waals surface area (Å²) >= 11 is 0. The lowest BCUT2D eigenvalue weighted by Crippen LogP contribution is -2.34. The molecule has 1 N–H and O–H groups in total. The number of amides is 1. The van der Waals surface area contributed by atoms with Crippen LogP contribution < -0.4 is 5.32 Å². The summed E-state index contributed by atoms with van der Waals surface area (Å²) in [5.74, 6) is -0.208. The van der Waals surface area contributed by atoms with Crippen LogP contribution in [0.3, 0.4) is 0 Å². The second-order valence-corrected chi connectivity index (χ2v) is 5.74. The van der Waals surface area contributed by atoms with Crippen LogP contribution in [0.4, 0.5) is 0 Å². The molecule has 3 aromatic carbocycles. The Hall–Kier alpha value is -3.12. The SMILES string of the molecule is N#CC(CCc1ccccc1)NC(=O)c1ccc2ccccc2c1. The zero-order chi connectivity index (χ0) is 16.8. The second kappa shape index (κ2) is 7.43. The predicted octanol–water partition coefficient (Wildman–Crippen LogP) is 4.09. The number of nitrogens with one attached hydrogen (secondary N) is 1. The Kier molecular flexibility index (Phi) is 4.88. The van der Waals surface area contributed by atoms with E-state index in [2.05, 4.69) is 11.4 Å². The molecule has 0 fully saturated rings. The maximum absolute atomic E-state index is 12.4. The first-order valence-corrected chi connectivity index (χ1v) is 7.99. The lowest BCUT2D eigenvalue weighted by atomic mass is 10.0. The van der Waals surface area contributed by atoms with Crippen LogP contribution in [0.5, 0.6) is 0 Å². The number of nitrogens with zero attached hydrogens (tertiary/aromatic N) is 1. The number of fused-ring (bicyclic) bond motifs is 1. The van der Waals surface area contributed by atoms with Gasteiger partial charge in [-0.15, -0.1) is 0 Å². The quantitative estimate of drug-likeness (QED) is 0.771. The van der Waals surface area contributed by atoms with Crippen LogP contribution in [0.1, 0.15) is 22.3 Å². The van der Waals surface area contributed by atoms with Crippen molar-refractivity contribution in [2.45, 2.75) is 18.9 Å². The molecule has 1 unspecified atom stereocenters. The Bertz CT molecular complexity index is 881. The van der Waals surface area contributed by atoms with Crippen LogP contribution in [-0.4, -0.2) is 11.9 Å². The van der Waals surface area contributed by atoms with Gasteiger partial charge in [-0.05, 0) is 41.3 Å². The molecule has 3 aromatic rings. The van der Waals surface area contributed by atoms with Crippen LogP contribution in [0.2, 0.25) is 0 Å². The van der Waals surface area contributed by atoms with E-state index in [1.165, 1.54) is 0 Å². The summed E-state index contributed by atoms with van der Waals surface area (Å²) in [6.45, 7) is 0. The van der Waals surface area contributed by atoms with Crippen molar-refractivity contribution in [2.75, 3.05) is 0 Å². The Morgan fingerprint density at radius 2 is 1.67 bits per heavy atom. The Balaban J connectivity index is 1.66. The van der Waals surface area contributed by atoms with E-state index in [9.17, 15) is 10.1 Å². The van der Waals surface area contributed by atoms with Crippen LogP contribution in [0.25, 0.3) is 10.8 Å². The van der Waals surface area contributed by atoms with Crippen molar-refractivity contribution < 1.29 is 4.79 Å². The lowest BCUT2D eigenvalue weighted by molar-refractivity contribution is 0.0944. The highest BCUT2D eigenvalue weighted by molar-refractivity contribution is 5.98. The number of hydrogen-bond donors (Lipinski definition) is 1. The predicted molar refractivity (Wildman–Crippen MR) is 95.6 cm³/mol. The number of carbonyl (C=O) groups excluding carboxylic acids is 1. The molecule has 0 aromatic heterocycles. The summed E-state index contributed by atoms with van der Waals surface area (Å²) < 4.78 is 0. The van der Waals surface area contributed by atoms with Gasteiger partial charge in [0.1, 0.15) is 6.04 Å². The van der Waals surface area contributed by atoms with Gasteiger partial charge in [0, 0.05) is 5.56 Å². The van der Waals surface area contributed by atoms with E-state index in [-0.39, 0.29) is 5.91 Å². The first-order valence-electron chi connectivity index (χ1n) is 7.99. The van der Waals surface area contributed by atoms with Gasteiger partial charge in [0.25, 0.3) is 5.91 Å². The van der Waals surface area contributed by atoms with Crippen molar-refractivity contribution in [3.8, 4) is 6.07 Å². The molecule has 1 amide bonds. The van der Waals surface area contributed by atoms with Gasteiger partial charge < -0.3 is 5.32 Å². The molecule has 3 nitrogen and oxygen atoms in total. The number of carbonyl (C=O) groups is 1. The fourth-order valence-corrected chi connectivity index (χ4v) is 2.70. The summed E-state index contributed by atoms with van der Waals surface area (Å²) in [5, 5.41) is 14.2. The van der Waals surface area contributed by atoms with Gasteiger partial charge in [0.15, 0.2) is 0 Å². The van der Waals surface area contributed by atoms with Gasteiger partial charge >= 0.3 is 0 Å². The van der Waals surface area contributed by atoms with E-state index in [0.29, 0.717) is 12.0 Å². The lowest BCUT2D eigenvalue weighted by Gasteiger charge is -2.12. The van der Waals surface area contributed by atoms with Gasteiger partial charge in [-0.25, -0.2) is 0 Å².